The summed E-state index contributed by atoms with van der Waals surface area (Å²) in [6, 6.07) is 6.77. The summed E-state index contributed by atoms with van der Waals surface area (Å²) in [6.07, 6.45) is 4.01. The van der Waals surface area contributed by atoms with Gasteiger partial charge in [-0.05, 0) is 74.7 Å². The maximum Gasteiger partial charge on any atom is -0.00147 e. The summed E-state index contributed by atoms with van der Waals surface area (Å²) in [5, 5.41) is 3.57. The van der Waals surface area contributed by atoms with Crippen LogP contribution in [-0.2, 0) is 0 Å². The van der Waals surface area contributed by atoms with Crippen LogP contribution >= 0.6 is 0 Å². The molecular weight excluding hydrogens is 206 g/mol. The molecule has 1 aromatic carbocycles. The van der Waals surface area contributed by atoms with Gasteiger partial charge in [-0.3, -0.25) is 0 Å². The van der Waals surface area contributed by atoms with E-state index in [-0.39, 0.29) is 0 Å². The fourth-order valence-corrected chi connectivity index (χ4v) is 2.86. The summed E-state index contributed by atoms with van der Waals surface area (Å²) in [5.74, 6) is 1.67. The van der Waals surface area contributed by atoms with Crippen molar-refractivity contribution in [3.05, 3.63) is 34.9 Å². The number of aryl methyl sites for hydroxylation is 1. The SMILES string of the molecule is CCCNCC1CCC1c1cccc(C)c1C. The molecule has 0 bridgehead atoms. The second kappa shape index (κ2) is 5.68. The number of rotatable bonds is 5. The second-order valence-electron chi connectivity index (χ2n) is 5.44. The molecule has 2 unspecified atom stereocenters. The van der Waals surface area contributed by atoms with Crippen molar-refractivity contribution in [1.29, 1.82) is 0 Å². The highest BCUT2D eigenvalue weighted by Gasteiger charge is 2.32. The van der Waals surface area contributed by atoms with E-state index in [2.05, 4.69) is 44.3 Å². The van der Waals surface area contributed by atoms with Crippen molar-refractivity contribution in [2.24, 2.45) is 5.92 Å². The third-order valence-electron chi connectivity index (χ3n) is 4.30. The quantitative estimate of drug-likeness (QED) is 0.760. The Balaban J connectivity index is 2.00. The van der Waals surface area contributed by atoms with Crippen LogP contribution in [0.3, 0.4) is 0 Å². The van der Waals surface area contributed by atoms with Crippen molar-refractivity contribution >= 4 is 0 Å². The van der Waals surface area contributed by atoms with Gasteiger partial charge in [-0.15, -0.1) is 0 Å². The van der Waals surface area contributed by atoms with Gasteiger partial charge < -0.3 is 5.32 Å². The summed E-state index contributed by atoms with van der Waals surface area (Å²) in [4.78, 5) is 0. The Bertz CT molecular complexity index is 370. The van der Waals surface area contributed by atoms with Crippen LogP contribution < -0.4 is 5.32 Å². The van der Waals surface area contributed by atoms with Crippen LogP contribution in [0.1, 0.15) is 48.8 Å². The van der Waals surface area contributed by atoms with Crippen molar-refractivity contribution < 1.29 is 0 Å². The summed E-state index contributed by atoms with van der Waals surface area (Å²) >= 11 is 0. The van der Waals surface area contributed by atoms with E-state index >= 15 is 0 Å². The molecule has 1 aliphatic carbocycles. The molecule has 1 fully saturated rings. The molecule has 0 heterocycles. The van der Waals surface area contributed by atoms with Gasteiger partial charge in [0.25, 0.3) is 0 Å². The van der Waals surface area contributed by atoms with Crippen LogP contribution in [0, 0.1) is 19.8 Å². The molecule has 1 nitrogen and oxygen atoms in total. The lowest BCUT2D eigenvalue weighted by Gasteiger charge is -2.38. The zero-order valence-corrected chi connectivity index (χ0v) is 11.4. The highest BCUT2D eigenvalue weighted by molar-refractivity contribution is 5.37. The average molecular weight is 231 g/mol. The summed E-state index contributed by atoms with van der Waals surface area (Å²) in [6.45, 7) is 9.10. The molecule has 1 saturated carbocycles. The van der Waals surface area contributed by atoms with Gasteiger partial charge in [0, 0.05) is 0 Å². The summed E-state index contributed by atoms with van der Waals surface area (Å²) in [7, 11) is 0. The Morgan fingerprint density at radius 2 is 2.06 bits per heavy atom. The molecule has 94 valence electrons. The Hall–Kier alpha value is -0.820. The fourth-order valence-electron chi connectivity index (χ4n) is 2.86. The van der Waals surface area contributed by atoms with E-state index in [1.807, 2.05) is 0 Å². The van der Waals surface area contributed by atoms with Gasteiger partial charge in [0.05, 0.1) is 0 Å². The van der Waals surface area contributed by atoms with Crippen LogP contribution in [-0.4, -0.2) is 13.1 Å². The van der Waals surface area contributed by atoms with E-state index in [0.29, 0.717) is 0 Å². The normalized spacial score (nSPS) is 23.5. The molecule has 0 radical (unpaired) electrons. The third kappa shape index (κ3) is 2.71. The van der Waals surface area contributed by atoms with Crippen molar-refractivity contribution in [2.45, 2.75) is 46.0 Å². The number of nitrogens with one attached hydrogen (secondary N) is 1. The van der Waals surface area contributed by atoms with Crippen LogP contribution in [0.4, 0.5) is 0 Å². The Morgan fingerprint density at radius 1 is 1.24 bits per heavy atom. The molecule has 0 spiro atoms. The first-order valence-electron chi connectivity index (χ1n) is 7.00. The zero-order chi connectivity index (χ0) is 12.3. The maximum atomic E-state index is 3.57. The first-order chi connectivity index (χ1) is 8.24. The highest BCUT2D eigenvalue weighted by atomic mass is 14.9. The molecule has 0 amide bonds. The van der Waals surface area contributed by atoms with Gasteiger partial charge in [0.15, 0.2) is 0 Å². The van der Waals surface area contributed by atoms with E-state index in [1.165, 1.54) is 36.9 Å². The lowest BCUT2D eigenvalue weighted by Crippen LogP contribution is -2.34. The molecule has 2 rings (SSSR count). The highest BCUT2D eigenvalue weighted by Crippen LogP contribution is 2.43. The minimum Gasteiger partial charge on any atom is -0.316 e. The zero-order valence-electron chi connectivity index (χ0n) is 11.4. The van der Waals surface area contributed by atoms with Crippen molar-refractivity contribution in [3.8, 4) is 0 Å². The molecule has 1 heteroatoms. The Labute approximate surface area is 106 Å². The molecule has 2 atom stereocenters. The fraction of sp³-hybridized carbons (Fsp3) is 0.625. The molecule has 1 aliphatic rings. The Morgan fingerprint density at radius 3 is 2.71 bits per heavy atom. The average Bonchev–Trinajstić information content (AvgIpc) is 2.29. The van der Waals surface area contributed by atoms with E-state index in [4.69, 9.17) is 0 Å². The smallest absolute Gasteiger partial charge is 0.00147 e. The largest absolute Gasteiger partial charge is 0.316 e. The minimum atomic E-state index is 0.805. The van der Waals surface area contributed by atoms with Crippen LogP contribution in [0.15, 0.2) is 18.2 Å². The van der Waals surface area contributed by atoms with E-state index in [0.717, 1.165) is 18.4 Å². The number of benzene rings is 1. The first-order valence-corrected chi connectivity index (χ1v) is 7.00. The molecular formula is C16H25N. The predicted octanol–water partition coefficient (Wildman–Crippen LogP) is 3.80. The van der Waals surface area contributed by atoms with E-state index in [1.54, 1.807) is 5.56 Å². The molecule has 1 aromatic rings. The lowest BCUT2D eigenvalue weighted by molar-refractivity contribution is 0.245. The molecule has 0 aliphatic heterocycles. The minimum absolute atomic E-state index is 0.805. The van der Waals surface area contributed by atoms with E-state index in [9.17, 15) is 0 Å². The maximum absolute atomic E-state index is 3.57. The van der Waals surface area contributed by atoms with E-state index < -0.39 is 0 Å². The van der Waals surface area contributed by atoms with Gasteiger partial charge >= 0.3 is 0 Å². The summed E-state index contributed by atoms with van der Waals surface area (Å²) < 4.78 is 0. The second-order valence-corrected chi connectivity index (χ2v) is 5.44. The Kier molecular flexibility index (Phi) is 4.22. The van der Waals surface area contributed by atoms with Crippen molar-refractivity contribution in [1.82, 2.24) is 5.32 Å². The first kappa shape index (κ1) is 12.6. The van der Waals surface area contributed by atoms with Gasteiger partial charge in [-0.25, -0.2) is 0 Å². The lowest BCUT2D eigenvalue weighted by atomic mass is 9.68. The monoisotopic (exact) mass is 231 g/mol. The molecule has 0 aromatic heterocycles. The number of hydrogen-bond acceptors (Lipinski definition) is 1. The predicted molar refractivity (Wildman–Crippen MR) is 74.5 cm³/mol. The van der Waals surface area contributed by atoms with Crippen LogP contribution in [0.2, 0.25) is 0 Å². The molecule has 1 N–H and O–H groups in total. The van der Waals surface area contributed by atoms with Crippen LogP contribution in [0.5, 0.6) is 0 Å². The van der Waals surface area contributed by atoms with Crippen molar-refractivity contribution in [3.63, 3.8) is 0 Å². The number of hydrogen-bond donors (Lipinski definition) is 1. The van der Waals surface area contributed by atoms with Gasteiger partial charge in [0.1, 0.15) is 0 Å². The molecule has 17 heavy (non-hydrogen) atoms. The van der Waals surface area contributed by atoms with Crippen molar-refractivity contribution in [2.75, 3.05) is 13.1 Å². The van der Waals surface area contributed by atoms with Crippen LogP contribution in [0.25, 0.3) is 0 Å². The third-order valence-corrected chi connectivity index (χ3v) is 4.30. The van der Waals surface area contributed by atoms with Gasteiger partial charge in [0.2, 0.25) is 0 Å². The topological polar surface area (TPSA) is 12.0 Å². The van der Waals surface area contributed by atoms with Gasteiger partial charge in [-0.2, -0.15) is 0 Å². The van der Waals surface area contributed by atoms with Gasteiger partial charge in [-0.1, -0.05) is 25.1 Å². The standard InChI is InChI=1S/C16H25N/c1-4-10-17-11-14-8-9-16(14)15-7-5-6-12(2)13(15)3/h5-7,14,16-17H,4,8-11H2,1-3H3. The summed E-state index contributed by atoms with van der Waals surface area (Å²) in [5.41, 5.74) is 4.55. The molecule has 0 saturated heterocycles.